The lowest BCUT2D eigenvalue weighted by Gasteiger charge is -2.23. The number of sulfonamides is 1. The number of carbonyl (C=O) groups is 2. The van der Waals surface area contributed by atoms with Gasteiger partial charge in [-0.15, -0.1) is 0 Å². The van der Waals surface area contributed by atoms with Gasteiger partial charge in [-0.05, 0) is 48.0 Å². The number of methoxy groups -OCH3 is 1. The van der Waals surface area contributed by atoms with Crippen molar-refractivity contribution >= 4 is 44.9 Å². The fraction of sp³-hybridized carbons (Fsp3) is 0.167. The van der Waals surface area contributed by atoms with Gasteiger partial charge in [-0.1, -0.05) is 41.9 Å². The van der Waals surface area contributed by atoms with Crippen molar-refractivity contribution in [2.75, 3.05) is 29.6 Å². The number of benzene rings is 3. The molecule has 10 heteroatoms. The third-order valence-corrected chi connectivity index (χ3v) is 6.28. The molecule has 0 aliphatic heterocycles. The Balaban J connectivity index is 1.66. The molecule has 3 rings (SSSR count). The summed E-state index contributed by atoms with van der Waals surface area (Å²) in [6.45, 7) is -0.245. The number of carbonyl (C=O) groups excluding carboxylic acids is 2. The molecule has 0 bridgehead atoms. The monoisotopic (exact) mass is 502 g/mol. The minimum Gasteiger partial charge on any atom is -0.484 e. The van der Waals surface area contributed by atoms with Gasteiger partial charge in [0.1, 0.15) is 5.75 Å². The molecule has 8 nitrogen and oxygen atoms in total. The van der Waals surface area contributed by atoms with Crippen LogP contribution in [0.25, 0.3) is 0 Å². The quantitative estimate of drug-likeness (QED) is 0.442. The van der Waals surface area contributed by atoms with Crippen molar-refractivity contribution in [3.8, 4) is 5.75 Å². The van der Waals surface area contributed by atoms with Crippen LogP contribution < -0.4 is 14.4 Å². The molecular formula is C24H23ClN2O6S. The molecule has 0 aliphatic rings. The number of nitrogens with zero attached hydrogens (tertiary/aromatic N) is 1. The van der Waals surface area contributed by atoms with Crippen molar-refractivity contribution in [1.29, 1.82) is 0 Å². The average Bonchev–Trinajstić information content (AvgIpc) is 2.82. The Kier molecular flexibility index (Phi) is 8.14. The molecule has 3 aromatic carbocycles. The molecule has 0 saturated carbocycles. The molecule has 0 aromatic heterocycles. The standard InChI is InChI=1S/C24H23ClN2O6S/c1-32-24(29)20-8-4-6-10-22(20)26-23(28)16-33-19-13-11-18(12-14-19)27(34(2,30)31)15-17-7-3-5-9-21(17)25/h3-14H,15-16H2,1-2H3,(H,26,28). The molecule has 1 N–H and O–H groups in total. The highest BCUT2D eigenvalue weighted by atomic mass is 35.5. The molecule has 3 aromatic rings. The van der Waals surface area contributed by atoms with Gasteiger partial charge >= 0.3 is 5.97 Å². The molecule has 0 saturated heterocycles. The van der Waals surface area contributed by atoms with E-state index in [0.717, 1.165) is 6.26 Å². The number of rotatable bonds is 9. The molecule has 0 unspecified atom stereocenters. The van der Waals surface area contributed by atoms with Gasteiger partial charge in [-0.3, -0.25) is 9.10 Å². The van der Waals surface area contributed by atoms with E-state index in [1.54, 1.807) is 66.7 Å². The first-order valence-corrected chi connectivity index (χ1v) is 12.3. The lowest BCUT2D eigenvalue weighted by Crippen LogP contribution is -2.29. The summed E-state index contributed by atoms with van der Waals surface area (Å²) in [7, 11) is -2.33. The first-order valence-electron chi connectivity index (χ1n) is 10.1. The molecule has 1 amide bonds. The van der Waals surface area contributed by atoms with Crippen molar-refractivity contribution in [1.82, 2.24) is 0 Å². The maximum absolute atomic E-state index is 12.4. The highest BCUT2D eigenvalue weighted by Crippen LogP contribution is 2.26. The number of ether oxygens (including phenoxy) is 2. The summed E-state index contributed by atoms with van der Waals surface area (Å²) in [6.07, 6.45) is 1.12. The van der Waals surface area contributed by atoms with Crippen LogP contribution in [0, 0.1) is 0 Å². The fourth-order valence-electron chi connectivity index (χ4n) is 3.11. The van der Waals surface area contributed by atoms with Gasteiger partial charge in [-0.2, -0.15) is 0 Å². The van der Waals surface area contributed by atoms with Gasteiger partial charge in [0.05, 0.1) is 36.8 Å². The van der Waals surface area contributed by atoms with Crippen LogP contribution in [0.3, 0.4) is 0 Å². The second-order valence-corrected chi connectivity index (χ2v) is 9.54. The zero-order valence-electron chi connectivity index (χ0n) is 18.5. The molecule has 0 heterocycles. The molecule has 0 spiro atoms. The number of hydrogen-bond acceptors (Lipinski definition) is 6. The Labute approximate surface area is 203 Å². The van der Waals surface area contributed by atoms with Gasteiger partial charge in [-0.25, -0.2) is 13.2 Å². The summed E-state index contributed by atoms with van der Waals surface area (Å²) in [5, 5.41) is 3.08. The lowest BCUT2D eigenvalue weighted by atomic mass is 10.2. The fourth-order valence-corrected chi connectivity index (χ4v) is 4.18. The Morgan fingerprint density at radius 3 is 2.26 bits per heavy atom. The van der Waals surface area contributed by atoms with Crippen LogP contribution >= 0.6 is 11.6 Å². The van der Waals surface area contributed by atoms with E-state index in [-0.39, 0.29) is 18.7 Å². The maximum atomic E-state index is 12.4. The number of hydrogen-bond donors (Lipinski definition) is 1. The van der Waals surface area contributed by atoms with E-state index in [4.69, 9.17) is 21.1 Å². The number of nitrogens with one attached hydrogen (secondary N) is 1. The van der Waals surface area contributed by atoms with Crippen LogP contribution in [0.4, 0.5) is 11.4 Å². The normalized spacial score (nSPS) is 10.9. The summed E-state index contributed by atoms with van der Waals surface area (Å²) in [4.78, 5) is 24.1. The van der Waals surface area contributed by atoms with Crippen LogP contribution in [0.2, 0.25) is 5.02 Å². The van der Waals surface area contributed by atoms with Crippen molar-refractivity contribution in [2.45, 2.75) is 6.54 Å². The Morgan fingerprint density at radius 2 is 1.62 bits per heavy atom. The lowest BCUT2D eigenvalue weighted by molar-refractivity contribution is -0.118. The molecule has 0 radical (unpaired) electrons. The topological polar surface area (TPSA) is 102 Å². The van der Waals surface area contributed by atoms with Crippen LogP contribution in [-0.4, -0.2) is 40.3 Å². The van der Waals surface area contributed by atoms with Crippen LogP contribution in [0.5, 0.6) is 5.75 Å². The van der Waals surface area contributed by atoms with Gasteiger partial charge < -0.3 is 14.8 Å². The van der Waals surface area contributed by atoms with E-state index in [2.05, 4.69) is 5.32 Å². The molecule has 178 valence electrons. The number of para-hydroxylation sites is 1. The average molecular weight is 503 g/mol. The second-order valence-electron chi connectivity index (χ2n) is 7.23. The van der Waals surface area contributed by atoms with Crippen molar-refractivity contribution < 1.29 is 27.5 Å². The molecule has 0 atom stereocenters. The molecular weight excluding hydrogens is 480 g/mol. The first kappa shape index (κ1) is 25.1. The van der Waals surface area contributed by atoms with E-state index in [9.17, 15) is 18.0 Å². The number of amides is 1. The zero-order valence-corrected chi connectivity index (χ0v) is 20.1. The molecule has 0 aliphatic carbocycles. The highest BCUT2D eigenvalue weighted by Gasteiger charge is 2.19. The van der Waals surface area contributed by atoms with Crippen molar-refractivity contribution in [3.05, 3.63) is 88.9 Å². The summed E-state index contributed by atoms with van der Waals surface area (Å²) in [5.74, 6) is -0.678. The van der Waals surface area contributed by atoms with Crippen LogP contribution in [0.1, 0.15) is 15.9 Å². The summed E-state index contributed by atoms with van der Waals surface area (Å²) in [6, 6.07) is 19.8. The summed E-state index contributed by atoms with van der Waals surface area (Å²) in [5.41, 5.74) is 1.62. The van der Waals surface area contributed by atoms with Gasteiger partial charge in [0, 0.05) is 5.02 Å². The predicted molar refractivity (Wildman–Crippen MR) is 131 cm³/mol. The van der Waals surface area contributed by atoms with E-state index < -0.39 is 21.9 Å². The highest BCUT2D eigenvalue weighted by molar-refractivity contribution is 7.92. The third kappa shape index (κ3) is 6.49. The minimum absolute atomic E-state index is 0.0702. The predicted octanol–water partition coefficient (Wildman–Crippen LogP) is 4.11. The van der Waals surface area contributed by atoms with Crippen molar-refractivity contribution in [3.63, 3.8) is 0 Å². The van der Waals surface area contributed by atoms with E-state index >= 15 is 0 Å². The maximum Gasteiger partial charge on any atom is 0.339 e. The zero-order chi connectivity index (χ0) is 24.7. The van der Waals surface area contributed by atoms with Gasteiger partial charge in [0.15, 0.2) is 6.61 Å². The van der Waals surface area contributed by atoms with Gasteiger partial charge in [0.25, 0.3) is 5.91 Å². The Hall–Kier alpha value is -3.56. The molecule has 34 heavy (non-hydrogen) atoms. The Morgan fingerprint density at radius 1 is 0.971 bits per heavy atom. The first-order chi connectivity index (χ1) is 16.2. The minimum atomic E-state index is -3.59. The third-order valence-electron chi connectivity index (χ3n) is 4.77. The van der Waals surface area contributed by atoms with Crippen LogP contribution in [0.15, 0.2) is 72.8 Å². The smallest absolute Gasteiger partial charge is 0.339 e. The van der Waals surface area contributed by atoms with E-state index in [1.165, 1.54) is 17.5 Å². The number of halogens is 1. The van der Waals surface area contributed by atoms with Gasteiger partial charge in [0.2, 0.25) is 10.0 Å². The summed E-state index contributed by atoms with van der Waals surface area (Å²) < 4.78 is 36.2. The van der Waals surface area contributed by atoms with E-state index in [1.807, 2.05) is 0 Å². The second kappa shape index (κ2) is 11.0. The Bertz CT molecular complexity index is 1280. The molecule has 0 fully saturated rings. The number of anilines is 2. The largest absolute Gasteiger partial charge is 0.484 e. The summed E-state index contributed by atoms with van der Waals surface area (Å²) >= 11 is 6.19. The SMILES string of the molecule is COC(=O)c1ccccc1NC(=O)COc1ccc(N(Cc2ccccc2Cl)S(C)(=O)=O)cc1. The van der Waals surface area contributed by atoms with Crippen LogP contribution in [-0.2, 0) is 26.1 Å². The van der Waals surface area contributed by atoms with E-state index in [0.29, 0.717) is 27.7 Å². The van der Waals surface area contributed by atoms with Crippen molar-refractivity contribution in [2.24, 2.45) is 0 Å². The number of esters is 1.